The van der Waals surface area contributed by atoms with Gasteiger partial charge in [0.25, 0.3) is 17.7 Å². The molecule has 0 spiro atoms. The second-order valence-corrected chi connectivity index (χ2v) is 9.39. The summed E-state index contributed by atoms with van der Waals surface area (Å²) in [5, 5.41) is 5.83. The number of nitrogens with one attached hydrogen (secondary N) is 2. The highest BCUT2D eigenvalue weighted by molar-refractivity contribution is 7.17. The zero-order chi connectivity index (χ0) is 26.1. The van der Waals surface area contributed by atoms with Gasteiger partial charge in [0.1, 0.15) is 15.6 Å². The first-order valence-corrected chi connectivity index (χ1v) is 12.0. The number of anilines is 3. The minimum Gasteiger partial charge on any atom is -0.465 e. The van der Waals surface area contributed by atoms with Crippen LogP contribution in [0.25, 0.3) is 0 Å². The Morgan fingerprint density at radius 3 is 2.50 bits per heavy atom. The van der Waals surface area contributed by atoms with Gasteiger partial charge in [0.15, 0.2) is 5.13 Å². The molecule has 0 radical (unpaired) electrons. The van der Waals surface area contributed by atoms with Crippen LogP contribution in [0.15, 0.2) is 53.2 Å². The fourth-order valence-electron chi connectivity index (χ4n) is 3.45. The number of rotatable bonds is 6. The zero-order valence-corrected chi connectivity index (χ0v) is 21.5. The standard InChI is InChI=1S/C24H18Cl2N4O5S/c1-11-15(25)8-5-9-16(11)30-21(32)17(26)18(22(30)33)28-14-7-4-6-13(10-14)20(31)29-24-27-12(2)19(36-24)23(34)35-3/h4-10,28H,1-3H3,(H,27,29,31). The average molecular weight is 545 g/mol. The fraction of sp³-hybridized carbons (Fsp3) is 0.125. The summed E-state index contributed by atoms with van der Waals surface area (Å²) >= 11 is 13.4. The highest BCUT2D eigenvalue weighted by Crippen LogP contribution is 2.34. The van der Waals surface area contributed by atoms with Crippen molar-refractivity contribution in [2.45, 2.75) is 13.8 Å². The minimum absolute atomic E-state index is 0.128. The lowest BCUT2D eigenvalue weighted by molar-refractivity contribution is -0.120. The first-order valence-electron chi connectivity index (χ1n) is 10.4. The number of ether oxygens (including phenoxy) is 1. The minimum atomic E-state index is -0.691. The van der Waals surface area contributed by atoms with E-state index in [-0.39, 0.29) is 26.3 Å². The van der Waals surface area contributed by atoms with Crippen molar-refractivity contribution in [3.8, 4) is 0 Å². The van der Waals surface area contributed by atoms with Gasteiger partial charge in [-0.1, -0.05) is 46.7 Å². The summed E-state index contributed by atoms with van der Waals surface area (Å²) in [6.07, 6.45) is 0. The highest BCUT2D eigenvalue weighted by Gasteiger charge is 2.39. The van der Waals surface area contributed by atoms with Gasteiger partial charge in [-0.25, -0.2) is 14.7 Å². The number of carbonyl (C=O) groups excluding carboxylic acids is 4. The van der Waals surface area contributed by atoms with E-state index < -0.39 is 23.7 Å². The number of hydrogen-bond donors (Lipinski definition) is 2. The number of halogens is 2. The number of aromatic nitrogens is 1. The van der Waals surface area contributed by atoms with E-state index >= 15 is 0 Å². The van der Waals surface area contributed by atoms with E-state index in [0.717, 1.165) is 16.2 Å². The van der Waals surface area contributed by atoms with Gasteiger partial charge in [-0.05, 0) is 49.7 Å². The number of thiazole rings is 1. The van der Waals surface area contributed by atoms with E-state index in [1.807, 2.05) is 0 Å². The molecule has 3 aromatic rings. The van der Waals surface area contributed by atoms with Gasteiger partial charge in [0, 0.05) is 16.3 Å². The molecule has 1 aliphatic rings. The van der Waals surface area contributed by atoms with E-state index in [1.54, 1.807) is 50.2 Å². The van der Waals surface area contributed by atoms with Gasteiger partial charge in [0.05, 0.1) is 18.5 Å². The van der Waals surface area contributed by atoms with E-state index in [2.05, 4.69) is 15.6 Å². The third-order valence-corrected chi connectivity index (χ3v) is 7.10. The molecule has 0 atom stereocenters. The van der Waals surface area contributed by atoms with Crippen LogP contribution in [-0.2, 0) is 14.3 Å². The molecule has 4 rings (SSSR count). The third kappa shape index (κ3) is 4.70. The summed E-state index contributed by atoms with van der Waals surface area (Å²) < 4.78 is 4.71. The number of carbonyl (C=O) groups is 4. The number of benzene rings is 2. The average Bonchev–Trinajstić information content (AvgIpc) is 3.32. The quantitative estimate of drug-likeness (QED) is 0.335. The maximum atomic E-state index is 13.1. The number of imide groups is 1. The van der Waals surface area contributed by atoms with Gasteiger partial charge in [-0.3, -0.25) is 19.7 Å². The summed E-state index contributed by atoms with van der Waals surface area (Å²) in [5.74, 6) is -2.38. The Labute approximate surface area is 219 Å². The smallest absolute Gasteiger partial charge is 0.350 e. The number of hydrogen-bond acceptors (Lipinski definition) is 8. The first-order chi connectivity index (χ1) is 17.1. The van der Waals surface area contributed by atoms with Crippen LogP contribution in [0.5, 0.6) is 0 Å². The molecule has 2 heterocycles. The predicted octanol–water partition coefficient (Wildman–Crippen LogP) is 4.89. The second kappa shape index (κ2) is 10.1. The summed E-state index contributed by atoms with van der Waals surface area (Å²) in [6.45, 7) is 3.33. The van der Waals surface area contributed by atoms with Crippen molar-refractivity contribution in [1.29, 1.82) is 0 Å². The number of nitrogens with zero attached hydrogens (tertiary/aromatic N) is 2. The van der Waals surface area contributed by atoms with Crippen molar-refractivity contribution >= 4 is 74.7 Å². The normalized spacial score (nSPS) is 13.3. The molecule has 1 aliphatic heterocycles. The molecule has 0 saturated heterocycles. The van der Waals surface area contributed by atoms with Gasteiger partial charge in [-0.2, -0.15) is 0 Å². The van der Waals surface area contributed by atoms with E-state index in [1.165, 1.54) is 13.2 Å². The van der Waals surface area contributed by atoms with Crippen molar-refractivity contribution in [2.75, 3.05) is 22.6 Å². The molecule has 2 aromatic carbocycles. The van der Waals surface area contributed by atoms with E-state index in [4.69, 9.17) is 27.9 Å². The SMILES string of the molecule is COC(=O)c1sc(NC(=O)c2cccc(NC3=C(Cl)C(=O)N(c4cccc(Cl)c4C)C3=O)c2)nc1C. The second-order valence-electron chi connectivity index (χ2n) is 7.60. The van der Waals surface area contributed by atoms with Crippen molar-refractivity contribution in [3.63, 3.8) is 0 Å². The van der Waals surface area contributed by atoms with Crippen LogP contribution >= 0.6 is 34.5 Å². The molecule has 36 heavy (non-hydrogen) atoms. The maximum absolute atomic E-state index is 13.1. The Bertz CT molecular complexity index is 1470. The Morgan fingerprint density at radius 1 is 1.06 bits per heavy atom. The Balaban J connectivity index is 1.54. The van der Waals surface area contributed by atoms with Gasteiger partial charge in [-0.15, -0.1) is 0 Å². The van der Waals surface area contributed by atoms with Crippen LogP contribution in [0.2, 0.25) is 5.02 Å². The molecular formula is C24H18Cl2N4O5S. The van der Waals surface area contributed by atoms with Crippen LogP contribution in [-0.4, -0.2) is 35.8 Å². The topological polar surface area (TPSA) is 118 Å². The van der Waals surface area contributed by atoms with Crippen LogP contribution in [0.4, 0.5) is 16.5 Å². The molecule has 9 nitrogen and oxygen atoms in total. The lowest BCUT2D eigenvalue weighted by Gasteiger charge is -2.18. The summed E-state index contributed by atoms with van der Waals surface area (Å²) in [4.78, 5) is 55.9. The van der Waals surface area contributed by atoms with Crippen molar-refractivity contribution < 1.29 is 23.9 Å². The van der Waals surface area contributed by atoms with Crippen molar-refractivity contribution in [3.05, 3.63) is 79.9 Å². The number of esters is 1. The number of methoxy groups -OCH3 is 1. The van der Waals surface area contributed by atoms with Crippen LogP contribution in [0, 0.1) is 13.8 Å². The molecule has 0 bridgehead atoms. The van der Waals surface area contributed by atoms with Crippen LogP contribution in [0.3, 0.4) is 0 Å². The molecule has 3 amide bonds. The molecule has 0 unspecified atom stereocenters. The van der Waals surface area contributed by atoms with Gasteiger partial charge < -0.3 is 10.1 Å². The highest BCUT2D eigenvalue weighted by atomic mass is 35.5. The van der Waals surface area contributed by atoms with Crippen molar-refractivity contribution in [2.24, 2.45) is 0 Å². The molecule has 0 saturated carbocycles. The van der Waals surface area contributed by atoms with Crippen LogP contribution < -0.4 is 15.5 Å². The van der Waals surface area contributed by atoms with Crippen LogP contribution in [0.1, 0.15) is 31.3 Å². The number of amides is 3. The van der Waals surface area contributed by atoms with E-state index in [9.17, 15) is 19.2 Å². The molecule has 2 N–H and O–H groups in total. The molecular weight excluding hydrogens is 527 g/mol. The maximum Gasteiger partial charge on any atom is 0.350 e. The fourth-order valence-corrected chi connectivity index (χ4v) is 4.71. The third-order valence-electron chi connectivity index (χ3n) is 5.29. The molecule has 0 aliphatic carbocycles. The summed E-state index contributed by atoms with van der Waals surface area (Å²) in [5.41, 5.74) is 1.78. The molecule has 0 fully saturated rings. The molecule has 12 heteroatoms. The summed E-state index contributed by atoms with van der Waals surface area (Å²) in [7, 11) is 1.26. The monoisotopic (exact) mass is 544 g/mol. The lowest BCUT2D eigenvalue weighted by atomic mass is 10.1. The predicted molar refractivity (Wildman–Crippen MR) is 138 cm³/mol. The van der Waals surface area contributed by atoms with E-state index in [0.29, 0.717) is 27.7 Å². The Kier molecular flexibility index (Phi) is 7.11. The van der Waals surface area contributed by atoms with Gasteiger partial charge >= 0.3 is 5.97 Å². The lowest BCUT2D eigenvalue weighted by Crippen LogP contribution is -2.32. The first kappa shape index (κ1) is 25.4. The Morgan fingerprint density at radius 2 is 1.78 bits per heavy atom. The summed E-state index contributed by atoms with van der Waals surface area (Å²) in [6, 6.07) is 11.1. The largest absolute Gasteiger partial charge is 0.465 e. The molecule has 1 aromatic heterocycles. The Hall–Kier alpha value is -3.73. The van der Waals surface area contributed by atoms with Gasteiger partial charge in [0.2, 0.25) is 0 Å². The molecule has 184 valence electrons. The van der Waals surface area contributed by atoms with Crippen molar-refractivity contribution in [1.82, 2.24) is 4.98 Å². The zero-order valence-electron chi connectivity index (χ0n) is 19.1. The number of aryl methyl sites for hydroxylation is 1.